The van der Waals surface area contributed by atoms with Crippen molar-refractivity contribution in [3.63, 3.8) is 0 Å². The van der Waals surface area contributed by atoms with Crippen LogP contribution in [0.15, 0.2) is 54.6 Å². The first-order valence-corrected chi connectivity index (χ1v) is 19.0. The fourth-order valence-corrected chi connectivity index (χ4v) is 8.45. The van der Waals surface area contributed by atoms with Gasteiger partial charge < -0.3 is 31.9 Å². The smallest absolute Gasteiger partial charge is 0.0545 e. The van der Waals surface area contributed by atoms with Gasteiger partial charge in [-0.15, -0.1) is 0 Å². The van der Waals surface area contributed by atoms with Gasteiger partial charge in [-0.1, -0.05) is 56.7 Å². The third-order valence-corrected chi connectivity index (χ3v) is 11.2. The van der Waals surface area contributed by atoms with Crippen LogP contribution >= 0.6 is 0 Å². The summed E-state index contributed by atoms with van der Waals surface area (Å²) >= 11 is 0. The van der Waals surface area contributed by atoms with Crippen LogP contribution in [-0.2, 0) is 39.3 Å². The second-order valence-corrected chi connectivity index (χ2v) is 14.6. The van der Waals surface area contributed by atoms with Crippen molar-refractivity contribution in [2.24, 2.45) is 0 Å². The Morgan fingerprint density at radius 1 is 0.312 bits per heavy atom. The summed E-state index contributed by atoms with van der Waals surface area (Å²) in [6, 6.07) is 22.1. The average molecular weight is 652 g/mol. The van der Waals surface area contributed by atoms with E-state index < -0.39 is 0 Å². The molecule has 3 saturated carbocycles. The maximum Gasteiger partial charge on any atom is 0.0545 e. The second-order valence-electron chi connectivity index (χ2n) is 14.6. The number of aromatic nitrogens is 3. The summed E-state index contributed by atoms with van der Waals surface area (Å²) in [6.07, 6.45) is 14.9. The standard InChI is InChI=1S/C39H57N9/c1-2-17-35-34(16-1)40-22-28-10-7-12-30(46-28)24-42-36-18-3-4-19-37(36)44-26-32-14-9-15-33(48-32)27-45-39-21-6-5-20-38(39)43-25-31-13-8-11-29(47-31)23-41-35/h7-15,34-45H,1-6,16-27H2/t34-,35-,36-,37-,38-,39-/m1/s1. The molecule has 9 heteroatoms. The molecule has 3 aromatic heterocycles. The lowest BCUT2D eigenvalue weighted by atomic mass is 9.90. The molecule has 0 unspecified atom stereocenters. The van der Waals surface area contributed by atoms with Crippen molar-refractivity contribution in [3.8, 4) is 0 Å². The maximum absolute atomic E-state index is 5.07. The molecule has 4 heterocycles. The van der Waals surface area contributed by atoms with E-state index in [1.165, 1.54) is 77.0 Å². The van der Waals surface area contributed by atoms with Gasteiger partial charge in [0.15, 0.2) is 0 Å². The molecule has 48 heavy (non-hydrogen) atoms. The molecule has 3 aromatic rings. The lowest BCUT2D eigenvalue weighted by Gasteiger charge is -2.33. The Morgan fingerprint density at radius 2 is 0.500 bits per heavy atom. The first-order valence-electron chi connectivity index (χ1n) is 19.0. The minimum atomic E-state index is 0.439. The van der Waals surface area contributed by atoms with E-state index in [1.807, 2.05) is 0 Å². The fourth-order valence-electron chi connectivity index (χ4n) is 8.45. The fraction of sp³-hybridized carbons (Fsp3) is 0.615. The molecular weight excluding hydrogens is 594 g/mol. The molecule has 3 aliphatic carbocycles. The predicted molar refractivity (Wildman–Crippen MR) is 192 cm³/mol. The van der Waals surface area contributed by atoms with Gasteiger partial charge in [-0.05, 0) is 74.9 Å². The maximum atomic E-state index is 5.07. The van der Waals surface area contributed by atoms with Crippen molar-refractivity contribution < 1.29 is 0 Å². The molecule has 0 saturated heterocycles. The van der Waals surface area contributed by atoms with Crippen LogP contribution in [0, 0.1) is 0 Å². The third kappa shape index (κ3) is 9.46. The van der Waals surface area contributed by atoms with E-state index in [2.05, 4.69) is 86.5 Å². The largest absolute Gasteiger partial charge is 0.307 e. The number of rotatable bonds is 0. The lowest BCUT2D eigenvalue weighted by molar-refractivity contribution is 0.278. The molecule has 0 amide bonds. The zero-order valence-corrected chi connectivity index (χ0v) is 28.7. The normalized spacial score (nSPS) is 29.8. The van der Waals surface area contributed by atoms with Crippen LogP contribution in [0.5, 0.6) is 0 Å². The Kier molecular flexibility index (Phi) is 12.1. The summed E-state index contributed by atoms with van der Waals surface area (Å²) in [5.41, 5.74) is 6.73. The summed E-state index contributed by atoms with van der Waals surface area (Å²) in [5.74, 6) is 0. The molecule has 6 bridgehead atoms. The van der Waals surface area contributed by atoms with Gasteiger partial charge in [-0.25, -0.2) is 0 Å². The Balaban J connectivity index is 1.07. The Morgan fingerprint density at radius 3 is 0.688 bits per heavy atom. The Bertz CT molecular complexity index is 1170. The van der Waals surface area contributed by atoms with Crippen LogP contribution in [0.3, 0.4) is 0 Å². The predicted octanol–water partition coefficient (Wildman–Crippen LogP) is 4.76. The van der Waals surface area contributed by atoms with E-state index in [4.69, 9.17) is 15.0 Å². The highest BCUT2D eigenvalue weighted by atomic mass is 15.1. The van der Waals surface area contributed by atoms with Gasteiger partial charge in [0, 0.05) is 75.5 Å². The van der Waals surface area contributed by atoms with Crippen molar-refractivity contribution in [3.05, 3.63) is 88.8 Å². The van der Waals surface area contributed by atoms with Crippen LogP contribution in [0.25, 0.3) is 0 Å². The van der Waals surface area contributed by atoms with E-state index in [1.54, 1.807) is 0 Å². The minimum Gasteiger partial charge on any atom is -0.307 e. The summed E-state index contributed by atoms with van der Waals surface area (Å²) in [5, 5.41) is 23.3. The molecule has 0 radical (unpaired) electrons. The highest BCUT2D eigenvalue weighted by molar-refractivity contribution is 5.14. The van der Waals surface area contributed by atoms with Crippen LogP contribution in [-0.4, -0.2) is 51.2 Å². The van der Waals surface area contributed by atoms with Crippen molar-refractivity contribution in [2.45, 2.75) is 153 Å². The van der Waals surface area contributed by atoms with Gasteiger partial charge in [0.2, 0.25) is 0 Å². The molecule has 9 nitrogen and oxygen atoms in total. The number of nitrogens with one attached hydrogen (secondary N) is 6. The summed E-state index contributed by atoms with van der Waals surface area (Å²) in [7, 11) is 0. The number of fused-ring (bicyclic) bond motifs is 9. The molecule has 1 aliphatic heterocycles. The van der Waals surface area contributed by atoms with Gasteiger partial charge in [-0.2, -0.15) is 0 Å². The second kappa shape index (κ2) is 17.2. The highest BCUT2D eigenvalue weighted by Crippen LogP contribution is 2.22. The lowest BCUT2D eigenvalue weighted by Crippen LogP contribution is -2.49. The number of hydrogen-bond acceptors (Lipinski definition) is 9. The van der Waals surface area contributed by atoms with Gasteiger partial charge in [0.05, 0.1) is 34.2 Å². The number of pyridine rings is 3. The van der Waals surface area contributed by atoms with Gasteiger partial charge >= 0.3 is 0 Å². The molecule has 6 atom stereocenters. The topological polar surface area (TPSA) is 111 Å². The minimum absolute atomic E-state index is 0.439. The Labute approximate surface area is 287 Å². The summed E-state index contributed by atoms with van der Waals surface area (Å²) in [4.78, 5) is 15.2. The van der Waals surface area contributed by atoms with E-state index in [9.17, 15) is 0 Å². The molecule has 3 fully saturated rings. The van der Waals surface area contributed by atoms with Crippen molar-refractivity contribution in [2.75, 3.05) is 0 Å². The van der Waals surface area contributed by atoms with Gasteiger partial charge in [-0.3, -0.25) is 15.0 Å². The van der Waals surface area contributed by atoms with Crippen molar-refractivity contribution >= 4 is 0 Å². The monoisotopic (exact) mass is 651 g/mol. The number of hydrogen-bond donors (Lipinski definition) is 6. The quantitative estimate of drug-likeness (QED) is 0.205. The average Bonchev–Trinajstić information content (AvgIpc) is 3.14. The molecule has 258 valence electrons. The van der Waals surface area contributed by atoms with E-state index >= 15 is 0 Å². The van der Waals surface area contributed by atoms with Crippen LogP contribution < -0.4 is 31.9 Å². The molecule has 6 N–H and O–H groups in total. The molecular formula is C39H57N9. The first-order chi connectivity index (χ1) is 23.7. The summed E-state index contributed by atoms with van der Waals surface area (Å²) < 4.78 is 0. The van der Waals surface area contributed by atoms with Crippen molar-refractivity contribution in [1.82, 2.24) is 46.9 Å². The van der Waals surface area contributed by atoms with Crippen LogP contribution in [0.1, 0.15) is 111 Å². The molecule has 0 spiro atoms. The zero-order valence-electron chi connectivity index (χ0n) is 28.7. The van der Waals surface area contributed by atoms with E-state index in [0.29, 0.717) is 36.3 Å². The molecule has 7 rings (SSSR count). The Hall–Kier alpha value is -2.79. The van der Waals surface area contributed by atoms with E-state index in [0.717, 1.165) is 73.4 Å². The van der Waals surface area contributed by atoms with Crippen molar-refractivity contribution in [1.29, 1.82) is 0 Å². The third-order valence-electron chi connectivity index (χ3n) is 11.2. The molecule has 0 aromatic carbocycles. The summed E-state index contributed by atoms with van der Waals surface area (Å²) in [6.45, 7) is 4.79. The molecule has 4 aliphatic rings. The van der Waals surface area contributed by atoms with E-state index in [-0.39, 0.29) is 0 Å². The SMILES string of the molecule is c1cc2nc(c1)CN[C@@H]1CCCC[C@H]1NCc1cccc(n1)CN[C@@H]1CCCC[C@H]1NCc1cccc(n1)CN[C@@H]1CCCC[C@H]1NC2. The zero-order chi connectivity index (χ0) is 32.4. The van der Waals surface area contributed by atoms with Crippen LogP contribution in [0.4, 0.5) is 0 Å². The van der Waals surface area contributed by atoms with Gasteiger partial charge in [0.25, 0.3) is 0 Å². The first kappa shape index (κ1) is 33.7. The van der Waals surface area contributed by atoms with Crippen LogP contribution in [0.2, 0.25) is 0 Å². The number of nitrogens with zero attached hydrogens (tertiary/aromatic N) is 3. The van der Waals surface area contributed by atoms with Gasteiger partial charge in [0.1, 0.15) is 0 Å². The highest BCUT2D eigenvalue weighted by Gasteiger charge is 2.27.